The Morgan fingerprint density at radius 3 is 2.77 bits per heavy atom. The molecule has 0 aromatic carbocycles. The summed E-state index contributed by atoms with van der Waals surface area (Å²) in [4.78, 5) is 1.06. The van der Waals surface area contributed by atoms with E-state index in [0.717, 1.165) is 8.66 Å². The highest BCUT2D eigenvalue weighted by atomic mass is 79.9. The average molecular weight is 264 g/mol. The zero-order chi connectivity index (χ0) is 9.64. The van der Waals surface area contributed by atoms with Gasteiger partial charge in [-0.2, -0.15) is 0 Å². The van der Waals surface area contributed by atoms with Crippen molar-refractivity contribution in [2.45, 2.75) is 25.6 Å². The predicted molar refractivity (Wildman–Crippen MR) is 56.6 cm³/mol. The number of alkyl halides is 1. The van der Waals surface area contributed by atoms with Crippen molar-refractivity contribution in [2.24, 2.45) is 11.1 Å². The Balaban J connectivity index is 2.18. The van der Waals surface area contributed by atoms with Gasteiger partial charge in [0.1, 0.15) is 6.17 Å². The highest BCUT2D eigenvalue weighted by Crippen LogP contribution is 2.56. The van der Waals surface area contributed by atoms with Gasteiger partial charge in [0, 0.05) is 16.3 Å². The van der Waals surface area contributed by atoms with Crippen molar-refractivity contribution in [1.29, 1.82) is 0 Å². The maximum Gasteiger partial charge on any atom is 0.108 e. The van der Waals surface area contributed by atoms with E-state index in [4.69, 9.17) is 5.73 Å². The Kier molecular flexibility index (Phi) is 2.25. The molecule has 1 heterocycles. The Morgan fingerprint density at radius 1 is 1.77 bits per heavy atom. The summed E-state index contributed by atoms with van der Waals surface area (Å²) < 4.78 is 14.1. The van der Waals surface area contributed by atoms with Crippen LogP contribution < -0.4 is 5.73 Å². The molecule has 1 aliphatic carbocycles. The van der Waals surface area contributed by atoms with E-state index in [1.807, 2.05) is 19.1 Å². The first kappa shape index (κ1) is 9.62. The molecule has 2 N–H and O–H groups in total. The highest BCUT2D eigenvalue weighted by Gasteiger charge is 2.55. The van der Waals surface area contributed by atoms with Crippen LogP contribution in [0.3, 0.4) is 0 Å². The number of halogens is 2. The second-order valence-electron chi connectivity index (χ2n) is 3.80. The second kappa shape index (κ2) is 3.04. The van der Waals surface area contributed by atoms with Gasteiger partial charge in [-0.1, -0.05) is 6.92 Å². The SMILES string of the molecule is CC1(C(N)c2ccc(Br)s2)CC1F. The summed E-state index contributed by atoms with van der Waals surface area (Å²) >= 11 is 4.96. The molecule has 3 atom stereocenters. The zero-order valence-corrected chi connectivity index (χ0v) is 9.66. The van der Waals surface area contributed by atoms with Crippen LogP contribution in [0.5, 0.6) is 0 Å². The topological polar surface area (TPSA) is 26.0 Å². The van der Waals surface area contributed by atoms with Gasteiger partial charge >= 0.3 is 0 Å². The monoisotopic (exact) mass is 263 g/mol. The molecule has 1 fully saturated rings. The molecular weight excluding hydrogens is 253 g/mol. The summed E-state index contributed by atoms with van der Waals surface area (Å²) in [6.07, 6.45) is -0.118. The van der Waals surface area contributed by atoms with Crippen LogP contribution in [0, 0.1) is 5.41 Å². The maximum absolute atomic E-state index is 13.0. The molecule has 13 heavy (non-hydrogen) atoms. The lowest BCUT2D eigenvalue weighted by Gasteiger charge is -2.16. The minimum absolute atomic E-state index is 0.154. The lowest BCUT2D eigenvalue weighted by atomic mass is 9.98. The smallest absolute Gasteiger partial charge is 0.108 e. The fraction of sp³-hybridized carbons (Fsp3) is 0.556. The van der Waals surface area contributed by atoms with Gasteiger partial charge in [-0.05, 0) is 34.5 Å². The van der Waals surface area contributed by atoms with E-state index < -0.39 is 6.17 Å². The Bertz CT molecular complexity index is 327. The number of nitrogens with two attached hydrogens (primary N) is 1. The van der Waals surface area contributed by atoms with Crippen molar-refractivity contribution in [1.82, 2.24) is 0 Å². The van der Waals surface area contributed by atoms with Crippen molar-refractivity contribution < 1.29 is 4.39 Å². The molecule has 4 heteroatoms. The molecule has 72 valence electrons. The zero-order valence-electron chi connectivity index (χ0n) is 7.26. The molecule has 1 aromatic heterocycles. The van der Waals surface area contributed by atoms with E-state index in [2.05, 4.69) is 15.9 Å². The van der Waals surface area contributed by atoms with E-state index in [0.29, 0.717) is 6.42 Å². The van der Waals surface area contributed by atoms with E-state index in [1.54, 1.807) is 11.3 Å². The van der Waals surface area contributed by atoms with Gasteiger partial charge in [-0.3, -0.25) is 0 Å². The van der Waals surface area contributed by atoms with Crippen LogP contribution in [0.1, 0.15) is 24.3 Å². The van der Waals surface area contributed by atoms with E-state index >= 15 is 0 Å². The molecule has 0 saturated heterocycles. The first-order valence-corrected chi connectivity index (χ1v) is 5.80. The van der Waals surface area contributed by atoms with Crippen molar-refractivity contribution in [3.8, 4) is 0 Å². The minimum Gasteiger partial charge on any atom is -0.323 e. The summed E-state index contributed by atoms with van der Waals surface area (Å²) in [7, 11) is 0. The van der Waals surface area contributed by atoms with Gasteiger partial charge < -0.3 is 5.73 Å². The van der Waals surface area contributed by atoms with Gasteiger partial charge in [0.2, 0.25) is 0 Å². The van der Waals surface area contributed by atoms with Crippen LogP contribution in [0.4, 0.5) is 4.39 Å². The van der Waals surface area contributed by atoms with Crippen LogP contribution in [0.2, 0.25) is 0 Å². The molecule has 2 rings (SSSR count). The van der Waals surface area contributed by atoms with E-state index in [9.17, 15) is 4.39 Å². The van der Waals surface area contributed by atoms with Gasteiger partial charge in [-0.25, -0.2) is 4.39 Å². The molecule has 1 aromatic rings. The predicted octanol–water partition coefficient (Wildman–Crippen LogP) is 3.26. The standard InChI is InChI=1S/C9H11BrFNS/c1-9(4-6(9)11)8(12)5-2-3-7(10)13-5/h2-3,6,8H,4,12H2,1H3. The average Bonchev–Trinajstić information content (AvgIpc) is 2.51. The number of hydrogen-bond donors (Lipinski definition) is 1. The van der Waals surface area contributed by atoms with Crippen LogP contribution >= 0.6 is 27.3 Å². The lowest BCUT2D eigenvalue weighted by molar-refractivity contribution is 0.335. The van der Waals surface area contributed by atoms with E-state index in [1.165, 1.54) is 0 Å². The second-order valence-corrected chi connectivity index (χ2v) is 6.29. The highest BCUT2D eigenvalue weighted by molar-refractivity contribution is 9.11. The largest absolute Gasteiger partial charge is 0.323 e. The molecule has 1 nitrogen and oxygen atoms in total. The van der Waals surface area contributed by atoms with E-state index in [-0.39, 0.29) is 11.5 Å². The Morgan fingerprint density at radius 2 is 2.38 bits per heavy atom. The van der Waals surface area contributed by atoms with Crippen LogP contribution in [-0.4, -0.2) is 6.17 Å². The molecule has 0 aliphatic heterocycles. The number of thiophene rings is 1. The summed E-state index contributed by atoms with van der Waals surface area (Å²) in [6.45, 7) is 1.91. The van der Waals surface area contributed by atoms with Crippen LogP contribution in [0.15, 0.2) is 15.9 Å². The molecule has 1 saturated carbocycles. The molecule has 1 aliphatic rings. The normalized spacial score (nSPS) is 34.6. The molecule has 0 radical (unpaired) electrons. The quantitative estimate of drug-likeness (QED) is 0.871. The fourth-order valence-electron chi connectivity index (χ4n) is 1.47. The Labute approximate surface area is 89.3 Å². The van der Waals surface area contributed by atoms with Crippen LogP contribution in [0.25, 0.3) is 0 Å². The van der Waals surface area contributed by atoms with Gasteiger partial charge in [0.15, 0.2) is 0 Å². The summed E-state index contributed by atoms with van der Waals surface area (Å²) in [5.41, 5.74) is 5.67. The van der Waals surface area contributed by atoms with Gasteiger partial charge in [0.25, 0.3) is 0 Å². The first-order chi connectivity index (χ1) is 6.04. The lowest BCUT2D eigenvalue weighted by Crippen LogP contribution is -2.21. The maximum atomic E-state index is 13.0. The minimum atomic E-state index is -0.719. The summed E-state index contributed by atoms with van der Waals surface area (Å²) in [6, 6.07) is 3.77. The van der Waals surface area contributed by atoms with Crippen molar-refractivity contribution in [2.75, 3.05) is 0 Å². The molecule has 3 unspecified atom stereocenters. The number of hydrogen-bond acceptors (Lipinski definition) is 2. The van der Waals surface area contributed by atoms with Gasteiger partial charge in [0.05, 0.1) is 3.79 Å². The Hall–Kier alpha value is 0.0700. The summed E-state index contributed by atoms with van der Waals surface area (Å²) in [5.74, 6) is 0. The van der Waals surface area contributed by atoms with Crippen molar-refractivity contribution in [3.05, 3.63) is 20.8 Å². The molecular formula is C9H11BrFNS. The fourth-order valence-corrected chi connectivity index (χ4v) is 3.06. The van der Waals surface area contributed by atoms with Crippen molar-refractivity contribution >= 4 is 27.3 Å². The third-order valence-electron chi connectivity index (χ3n) is 2.79. The molecule has 0 bridgehead atoms. The van der Waals surface area contributed by atoms with Crippen LogP contribution in [-0.2, 0) is 0 Å². The molecule has 0 amide bonds. The first-order valence-electron chi connectivity index (χ1n) is 4.19. The third kappa shape index (κ3) is 1.55. The third-order valence-corrected chi connectivity index (χ3v) is 4.49. The molecule has 0 spiro atoms. The van der Waals surface area contributed by atoms with Crippen molar-refractivity contribution in [3.63, 3.8) is 0 Å². The number of rotatable bonds is 2. The van der Waals surface area contributed by atoms with Gasteiger partial charge in [-0.15, -0.1) is 11.3 Å². The summed E-state index contributed by atoms with van der Waals surface area (Å²) in [5, 5.41) is 0.